The Kier molecular flexibility index (Phi) is 3.02. The molecule has 2 rings (SSSR count). The SMILES string of the molecule is CCn1ccnc1C(NN)c1ccnn1C. The number of imidazole rings is 1. The Labute approximate surface area is 94.1 Å². The topological polar surface area (TPSA) is 73.7 Å². The van der Waals surface area contributed by atoms with Gasteiger partial charge in [0.05, 0.1) is 5.69 Å². The second kappa shape index (κ2) is 4.46. The largest absolute Gasteiger partial charge is 0.334 e. The van der Waals surface area contributed by atoms with Gasteiger partial charge in [-0.15, -0.1) is 0 Å². The average molecular weight is 220 g/mol. The van der Waals surface area contributed by atoms with Gasteiger partial charge < -0.3 is 4.57 Å². The van der Waals surface area contributed by atoms with Gasteiger partial charge >= 0.3 is 0 Å². The predicted octanol–water partition coefficient (Wildman–Crippen LogP) is 0.189. The van der Waals surface area contributed by atoms with Crippen molar-refractivity contribution in [1.82, 2.24) is 24.8 Å². The summed E-state index contributed by atoms with van der Waals surface area (Å²) in [6.45, 7) is 2.94. The molecular formula is C10H16N6. The van der Waals surface area contributed by atoms with Crippen molar-refractivity contribution in [2.75, 3.05) is 0 Å². The molecule has 0 spiro atoms. The Hall–Kier alpha value is -1.66. The summed E-state index contributed by atoms with van der Waals surface area (Å²) >= 11 is 0. The summed E-state index contributed by atoms with van der Waals surface area (Å²) in [6.07, 6.45) is 5.47. The molecule has 0 aliphatic heterocycles. The summed E-state index contributed by atoms with van der Waals surface area (Å²) in [7, 11) is 1.89. The number of nitrogens with one attached hydrogen (secondary N) is 1. The average Bonchev–Trinajstić information content (AvgIpc) is 2.90. The zero-order valence-electron chi connectivity index (χ0n) is 9.46. The molecular weight excluding hydrogens is 204 g/mol. The number of aryl methyl sites for hydroxylation is 2. The highest BCUT2D eigenvalue weighted by Crippen LogP contribution is 2.18. The quantitative estimate of drug-likeness (QED) is 0.570. The van der Waals surface area contributed by atoms with E-state index in [1.54, 1.807) is 17.1 Å². The molecule has 0 aliphatic rings. The van der Waals surface area contributed by atoms with Crippen LogP contribution in [0.4, 0.5) is 0 Å². The highest BCUT2D eigenvalue weighted by atomic mass is 15.3. The van der Waals surface area contributed by atoms with Crippen molar-refractivity contribution in [2.45, 2.75) is 19.5 Å². The molecule has 2 heterocycles. The lowest BCUT2D eigenvalue weighted by atomic mass is 10.2. The highest BCUT2D eigenvalue weighted by molar-refractivity contribution is 5.17. The first kappa shape index (κ1) is 10.8. The molecule has 0 amide bonds. The van der Waals surface area contributed by atoms with Crippen LogP contribution >= 0.6 is 0 Å². The number of hydrogen-bond acceptors (Lipinski definition) is 4. The fourth-order valence-electron chi connectivity index (χ4n) is 1.81. The first-order valence-corrected chi connectivity index (χ1v) is 5.23. The Morgan fingerprint density at radius 3 is 2.88 bits per heavy atom. The van der Waals surface area contributed by atoms with E-state index in [1.165, 1.54) is 0 Å². The summed E-state index contributed by atoms with van der Waals surface area (Å²) < 4.78 is 3.84. The Bertz CT molecular complexity index is 457. The number of aromatic nitrogens is 4. The van der Waals surface area contributed by atoms with E-state index >= 15 is 0 Å². The molecule has 0 saturated heterocycles. The molecule has 3 N–H and O–H groups in total. The lowest BCUT2D eigenvalue weighted by molar-refractivity contribution is 0.524. The molecule has 0 bridgehead atoms. The van der Waals surface area contributed by atoms with E-state index in [4.69, 9.17) is 5.84 Å². The summed E-state index contributed by atoms with van der Waals surface area (Å²) in [5.41, 5.74) is 3.77. The minimum Gasteiger partial charge on any atom is -0.334 e. The van der Waals surface area contributed by atoms with Crippen LogP contribution in [0.1, 0.15) is 24.5 Å². The van der Waals surface area contributed by atoms with Crippen molar-refractivity contribution in [3.63, 3.8) is 0 Å². The van der Waals surface area contributed by atoms with Crippen LogP contribution in [0.5, 0.6) is 0 Å². The van der Waals surface area contributed by atoms with Crippen molar-refractivity contribution < 1.29 is 0 Å². The molecule has 2 aromatic heterocycles. The first-order chi connectivity index (χ1) is 7.77. The van der Waals surface area contributed by atoms with Crippen LogP contribution in [0.25, 0.3) is 0 Å². The third-order valence-corrected chi connectivity index (χ3v) is 2.67. The normalized spacial score (nSPS) is 12.9. The van der Waals surface area contributed by atoms with Gasteiger partial charge in [-0.2, -0.15) is 5.10 Å². The minimum absolute atomic E-state index is 0.137. The van der Waals surface area contributed by atoms with E-state index in [1.807, 2.05) is 19.3 Å². The number of nitrogens with two attached hydrogens (primary N) is 1. The number of hydrogen-bond donors (Lipinski definition) is 2. The van der Waals surface area contributed by atoms with Crippen molar-refractivity contribution in [3.8, 4) is 0 Å². The van der Waals surface area contributed by atoms with Crippen LogP contribution in [-0.2, 0) is 13.6 Å². The second-order valence-corrected chi connectivity index (χ2v) is 3.55. The van der Waals surface area contributed by atoms with E-state index in [9.17, 15) is 0 Å². The van der Waals surface area contributed by atoms with Gasteiger partial charge in [0.15, 0.2) is 0 Å². The molecule has 1 unspecified atom stereocenters. The van der Waals surface area contributed by atoms with Crippen molar-refractivity contribution in [3.05, 3.63) is 36.2 Å². The van der Waals surface area contributed by atoms with Gasteiger partial charge in [-0.3, -0.25) is 10.5 Å². The van der Waals surface area contributed by atoms with Crippen LogP contribution in [-0.4, -0.2) is 19.3 Å². The maximum atomic E-state index is 5.60. The van der Waals surface area contributed by atoms with Crippen molar-refractivity contribution >= 4 is 0 Å². The molecule has 6 heteroatoms. The molecule has 0 aliphatic carbocycles. The summed E-state index contributed by atoms with van der Waals surface area (Å²) in [5, 5.41) is 4.13. The molecule has 0 saturated carbocycles. The standard InChI is InChI=1S/C10H16N6/c1-3-16-7-6-12-10(16)9(14-11)8-4-5-13-15(8)2/h4-7,9,14H,3,11H2,1-2H3. The third kappa shape index (κ3) is 1.72. The van der Waals surface area contributed by atoms with Gasteiger partial charge in [0.1, 0.15) is 11.9 Å². The van der Waals surface area contributed by atoms with E-state index in [0.717, 1.165) is 18.1 Å². The highest BCUT2D eigenvalue weighted by Gasteiger charge is 2.19. The zero-order valence-corrected chi connectivity index (χ0v) is 9.46. The number of rotatable bonds is 4. The van der Waals surface area contributed by atoms with E-state index in [0.29, 0.717) is 0 Å². The molecule has 16 heavy (non-hydrogen) atoms. The Morgan fingerprint density at radius 1 is 1.50 bits per heavy atom. The maximum absolute atomic E-state index is 5.60. The maximum Gasteiger partial charge on any atom is 0.133 e. The predicted molar refractivity (Wildman–Crippen MR) is 60.3 cm³/mol. The van der Waals surface area contributed by atoms with Gasteiger partial charge in [-0.1, -0.05) is 0 Å². The smallest absolute Gasteiger partial charge is 0.133 e. The number of nitrogens with zero attached hydrogens (tertiary/aromatic N) is 4. The summed E-state index contributed by atoms with van der Waals surface area (Å²) in [5.74, 6) is 6.50. The molecule has 0 radical (unpaired) electrons. The van der Waals surface area contributed by atoms with E-state index in [2.05, 4.69) is 27.0 Å². The summed E-state index contributed by atoms with van der Waals surface area (Å²) in [6, 6.07) is 1.79. The monoisotopic (exact) mass is 220 g/mol. The van der Waals surface area contributed by atoms with Crippen LogP contribution in [0.3, 0.4) is 0 Å². The lowest BCUT2D eigenvalue weighted by Crippen LogP contribution is -2.32. The Morgan fingerprint density at radius 2 is 2.31 bits per heavy atom. The van der Waals surface area contributed by atoms with Gasteiger partial charge in [0, 0.05) is 32.2 Å². The molecule has 6 nitrogen and oxygen atoms in total. The van der Waals surface area contributed by atoms with Gasteiger partial charge in [0.25, 0.3) is 0 Å². The molecule has 0 aromatic carbocycles. The molecule has 0 fully saturated rings. The molecule has 86 valence electrons. The van der Waals surface area contributed by atoms with Crippen molar-refractivity contribution in [1.29, 1.82) is 0 Å². The van der Waals surface area contributed by atoms with Crippen LogP contribution in [0, 0.1) is 0 Å². The van der Waals surface area contributed by atoms with Crippen LogP contribution in [0.15, 0.2) is 24.7 Å². The van der Waals surface area contributed by atoms with E-state index < -0.39 is 0 Å². The van der Waals surface area contributed by atoms with Gasteiger partial charge in [-0.25, -0.2) is 10.4 Å². The second-order valence-electron chi connectivity index (χ2n) is 3.55. The fourth-order valence-corrected chi connectivity index (χ4v) is 1.81. The zero-order chi connectivity index (χ0) is 11.5. The Balaban J connectivity index is 2.40. The van der Waals surface area contributed by atoms with Crippen molar-refractivity contribution in [2.24, 2.45) is 12.9 Å². The minimum atomic E-state index is -0.137. The van der Waals surface area contributed by atoms with Crippen LogP contribution in [0.2, 0.25) is 0 Å². The third-order valence-electron chi connectivity index (χ3n) is 2.67. The van der Waals surface area contributed by atoms with Crippen LogP contribution < -0.4 is 11.3 Å². The van der Waals surface area contributed by atoms with Gasteiger partial charge in [0.2, 0.25) is 0 Å². The number of hydrazine groups is 1. The molecule has 1 atom stereocenters. The summed E-state index contributed by atoms with van der Waals surface area (Å²) in [4.78, 5) is 4.33. The fraction of sp³-hybridized carbons (Fsp3) is 0.400. The molecule has 2 aromatic rings. The lowest BCUT2D eigenvalue weighted by Gasteiger charge is -2.16. The first-order valence-electron chi connectivity index (χ1n) is 5.23. The van der Waals surface area contributed by atoms with Gasteiger partial charge in [-0.05, 0) is 13.0 Å². The van der Waals surface area contributed by atoms with E-state index in [-0.39, 0.29) is 6.04 Å².